The normalized spacial score (nSPS) is 24.5. The molecular formula is C40H49N9O4. The zero-order valence-electron chi connectivity index (χ0n) is 30.3. The Morgan fingerprint density at radius 1 is 0.774 bits per heavy atom. The van der Waals surface area contributed by atoms with Gasteiger partial charge in [0, 0.05) is 82.1 Å². The molecule has 7 heterocycles. The number of hydrogen-bond acceptors (Lipinski definition) is 11. The molecule has 0 aliphatic carbocycles. The van der Waals surface area contributed by atoms with E-state index in [2.05, 4.69) is 58.6 Å². The number of amides is 3. The maximum atomic E-state index is 13.1. The van der Waals surface area contributed by atoms with Gasteiger partial charge in [-0.25, -0.2) is 0 Å². The number of imide groups is 1. The van der Waals surface area contributed by atoms with Gasteiger partial charge in [0.1, 0.15) is 11.8 Å². The van der Waals surface area contributed by atoms with Crippen LogP contribution in [0.1, 0.15) is 54.4 Å². The van der Waals surface area contributed by atoms with Crippen LogP contribution in [-0.2, 0) is 16.1 Å². The van der Waals surface area contributed by atoms with Crippen LogP contribution >= 0.6 is 0 Å². The number of phenols is 1. The molecule has 278 valence electrons. The molecule has 2 aromatic carbocycles. The smallest absolute Gasteiger partial charge is 0.255 e. The Bertz CT molecular complexity index is 1890. The van der Waals surface area contributed by atoms with Gasteiger partial charge in [0.25, 0.3) is 5.91 Å². The van der Waals surface area contributed by atoms with Crippen molar-refractivity contribution in [2.24, 2.45) is 11.8 Å². The summed E-state index contributed by atoms with van der Waals surface area (Å²) in [4.78, 5) is 49.1. The Morgan fingerprint density at radius 2 is 1.55 bits per heavy atom. The number of piperidine rings is 3. The number of benzene rings is 2. The van der Waals surface area contributed by atoms with Crippen molar-refractivity contribution < 1.29 is 19.5 Å². The van der Waals surface area contributed by atoms with Crippen molar-refractivity contribution in [2.75, 3.05) is 80.6 Å². The van der Waals surface area contributed by atoms with E-state index in [1.165, 1.54) is 51.9 Å². The number of rotatable bonds is 7. The first-order chi connectivity index (χ1) is 25.9. The first-order valence-electron chi connectivity index (χ1n) is 19.5. The van der Waals surface area contributed by atoms with E-state index in [1.54, 1.807) is 11.0 Å². The van der Waals surface area contributed by atoms with Gasteiger partial charge in [-0.3, -0.25) is 24.6 Å². The predicted octanol–water partition coefficient (Wildman–Crippen LogP) is 3.15. The maximum absolute atomic E-state index is 13.1. The summed E-state index contributed by atoms with van der Waals surface area (Å²) in [5.41, 5.74) is 5.28. The summed E-state index contributed by atoms with van der Waals surface area (Å²) in [7, 11) is 0. The molecule has 1 aromatic heterocycles. The van der Waals surface area contributed by atoms with Crippen molar-refractivity contribution in [2.45, 2.75) is 57.2 Å². The van der Waals surface area contributed by atoms with Gasteiger partial charge in [0.15, 0.2) is 5.82 Å². The fourth-order valence-corrected chi connectivity index (χ4v) is 9.55. The zero-order valence-corrected chi connectivity index (χ0v) is 30.3. The second-order valence-electron chi connectivity index (χ2n) is 15.9. The number of nitrogens with one attached hydrogen (secondary N) is 2. The molecule has 2 atom stereocenters. The lowest BCUT2D eigenvalue weighted by Gasteiger charge is -2.47. The molecule has 13 heteroatoms. The number of nitrogens with zero attached hydrogens (tertiary/aromatic N) is 7. The molecule has 1 unspecified atom stereocenters. The number of anilines is 3. The van der Waals surface area contributed by atoms with Gasteiger partial charge in [-0.1, -0.05) is 12.1 Å². The highest BCUT2D eigenvalue weighted by molar-refractivity contribution is 6.05. The van der Waals surface area contributed by atoms with Crippen molar-refractivity contribution >= 4 is 34.9 Å². The molecule has 3 aromatic rings. The van der Waals surface area contributed by atoms with Crippen LogP contribution in [0.2, 0.25) is 0 Å². The van der Waals surface area contributed by atoms with E-state index in [-0.39, 0.29) is 29.9 Å². The highest BCUT2D eigenvalue weighted by Gasteiger charge is 2.40. The Balaban J connectivity index is 0.722. The Labute approximate surface area is 310 Å². The van der Waals surface area contributed by atoms with Crippen molar-refractivity contribution in [3.63, 3.8) is 0 Å². The first-order valence-corrected chi connectivity index (χ1v) is 19.5. The first kappa shape index (κ1) is 34.0. The minimum absolute atomic E-state index is 0.115. The predicted molar refractivity (Wildman–Crippen MR) is 202 cm³/mol. The highest BCUT2D eigenvalue weighted by Crippen LogP contribution is 2.37. The van der Waals surface area contributed by atoms with Gasteiger partial charge < -0.3 is 30.0 Å². The molecule has 4 saturated heterocycles. The fraction of sp³-hybridized carbons (Fsp3) is 0.525. The van der Waals surface area contributed by atoms with E-state index in [9.17, 15) is 19.5 Å². The summed E-state index contributed by atoms with van der Waals surface area (Å²) in [6.07, 6.45) is 5.50. The number of carbonyl (C=O) groups excluding carboxylic acids is 3. The summed E-state index contributed by atoms with van der Waals surface area (Å²) >= 11 is 0. The Morgan fingerprint density at radius 3 is 2.34 bits per heavy atom. The number of phenolic OH excluding ortho intramolecular Hbond substituents is 1. The van der Waals surface area contributed by atoms with Crippen LogP contribution in [0.4, 0.5) is 17.2 Å². The van der Waals surface area contributed by atoms with E-state index in [0.717, 1.165) is 67.9 Å². The van der Waals surface area contributed by atoms with Crippen LogP contribution in [0.5, 0.6) is 5.75 Å². The minimum Gasteiger partial charge on any atom is -0.507 e. The van der Waals surface area contributed by atoms with Gasteiger partial charge in [-0.2, -0.15) is 0 Å². The van der Waals surface area contributed by atoms with Crippen LogP contribution in [-0.4, -0.2) is 125 Å². The molecule has 4 fully saturated rings. The van der Waals surface area contributed by atoms with Gasteiger partial charge in [-0.05, 0) is 99.0 Å². The summed E-state index contributed by atoms with van der Waals surface area (Å²) in [6, 6.07) is 15.3. The van der Waals surface area contributed by atoms with E-state index in [1.807, 2.05) is 24.3 Å². The van der Waals surface area contributed by atoms with Gasteiger partial charge >= 0.3 is 0 Å². The average molecular weight is 720 g/mol. The topological polar surface area (TPSA) is 137 Å². The highest BCUT2D eigenvalue weighted by atomic mass is 16.3. The lowest BCUT2D eigenvalue weighted by Crippen LogP contribution is -2.58. The molecule has 0 spiro atoms. The molecule has 0 saturated carbocycles. The molecule has 0 radical (unpaired) electrons. The number of aromatic nitrogens is 2. The Hall–Kier alpha value is -4.75. The number of piperazine rings is 1. The van der Waals surface area contributed by atoms with Crippen molar-refractivity contribution in [1.82, 2.24) is 30.2 Å². The summed E-state index contributed by atoms with van der Waals surface area (Å²) in [6.45, 7) is 11.1. The largest absolute Gasteiger partial charge is 0.507 e. The minimum atomic E-state index is -0.579. The number of aromatic hydroxyl groups is 1. The van der Waals surface area contributed by atoms with Crippen molar-refractivity contribution in [3.05, 3.63) is 59.7 Å². The quantitative estimate of drug-likeness (QED) is 0.311. The summed E-state index contributed by atoms with van der Waals surface area (Å²) in [5.74, 6) is 1.74. The van der Waals surface area contributed by atoms with E-state index in [4.69, 9.17) is 0 Å². The second-order valence-corrected chi connectivity index (χ2v) is 15.9. The van der Waals surface area contributed by atoms with Crippen molar-refractivity contribution in [3.8, 4) is 17.0 Å². The number of para-hydroxylation sites is 1. The monoisotopic (exact) mass is 719 g/mol. The van der Waals surface area contributed by atoms with Gasteiger partial charge in [0.05, 0.1) is 17.4 Å². The molecule has 13 nitrogen and oxygen atoms in total. The fourth-order valence-electron chi connectivity index (χ4n) is 9.55. The van der Waals surface area contributed by atoms with Crippen LogP contribution in [0, 0.1) is 11.8 Å². The number of carbonyl (C=O) groups is 3. The molecule has 0 bridgehead atoms. The SMILES string of the molecule is O=C1CCC(N2Cc3cc(N4CCC(CN5CCC(CN6CCN7c8cc(-c9ccccc9O)nnc8NC[C@H]7C6)CC5)CC4)ccc3C2=O)C(=O)N1. The summed E-state index contributed by atoms with van der Waals surface area (Å²) < 4.78 is 0. The number of fused-ring (bicyclic) bond motifs is 4. The summed E-state index contributed by atoms with van der Waals surface area (Å²) in [5, 5.41) is 25.2. The third-order valence-electron chi connectivity index (χ3n) is 12.6. The molecule has 53 heavy (non-hydrogen) atoms. The van der Waals surface area contributed by atoms with Crippen molar-refractivity contribution in [1.29, 1.82) is 0 Å². The molecule has 3 N–H and O–H groups in total. The zero-order chi connectivity index (χ0) is 36.1. The van der Waals surface area contributed by atoms with Gasteiger partial charge in [0.2, 0.25) is 11.8 Å². The van der Waals surface area contributed by atoms with Crippen LogP contribution in [0.3, 0.4) is 0 Å². The lowest BCUT2D eigenvalue weighted by atomic mass is 9.92. The van der Waals surface area contributed by atoms with E-state index < -0.39 is 6.04 Å². The van der Waals surface area contributed by atoms with Gasteiger partial charge in [-0.15, -0.1) is 10.2 Å². The van der Waals surface area contributed by atoms with Crippen LogP contribution in [0.15, 0.2) is 48.5 Å². The molecule has 3 amide bonds. The third-order valence-corrected chi connectivity index (χ3v) is 12.6. The molecule has 9 rings (SSSR count). The molecule has 6 aliphatic heterocycles. The van der Waals surface area contributed by atoms with E-state index >= 15 is 0 Å². The maximum Gasteiger partial charge on any atom is 0.255 e. The average Bonchev–Trinajstić information content (AvgIpc) is 3.50. The van der Waals surface area contributed by atoms with Crippen LogP contribution < -0.4 is 20.4 Å². The Kier molecular flexibility index (Phi) is 9.15. The number of hydrogen-bond donors (Lipinski definition) is 3. The molecular weight excluding hydrogens is 670 g/mol. The lowest BCUT2D eigenvalue weighted by molar-refractivity contribution is -0.136. The third kappa shape index (κ3) is 6.80. The second kappa shape index (κ2) is 14.2. The standard InChI is InChI=1S/C40H49N9O4/c50-36-4-2-1-3-32(36)33-20-35-38(44-43-33)41-21-30-25-46(17-18-48(30)35)23-26-9-13-45(14-10-26)22-27-11-15-47(16-12-27)29-5-6-31-28(19-29)24-49(40(31)53)34-7-8-37(51)42-39(34)52/h1-6,19-20,26-27,30,34,50H,7-18,21-25H2,(H,41,44)(H,42,51,52)/t30-,34?/m0/s1. The van der Waals surface area contributed by atoms with Crippen LogP contribution in [0.25, 0.3) is 11.3 Å². The molecule has 6 aliphatic rings. The van der Waals surface area contributed by atoms with E-state index in [0.29, 0.717) is 41.7 Å². The number of likely N-dealkylation sites (tertiary alicyclic amines) is 1.